The molecule has 20 heavy (non-hydrogen) atoms. The first-order chi connectivity index (χ1) is 9.56. The summed E-state index contributed by atoms with van der Waals surface area (Å²) >= 11 is 4.90. The molecule has 0 bridgehead atoms. The van der Waals surface area contributed by atoms with Crippen molar-refractivity contribution in [1.29, 1.82) is 0 Å². The summed E-state index contributed by atoms with van der Waals surface area (Å²) in [5.74, 6) is -0.168. The lowest BCUT2D eigenvalue weighted by Gasteiger charge is -2.13. The lowest BCUT2D eigenvalue weighted by atomic mass is 10.2. The monoisotopic (exact) mass is 353 g/mol. The summed E-state index contributed by atoms with van der Waals surface area (Å²) in [6.45, 7) is 4.84. The van der Waals surface area contributed by atoms with Crippen molar-refractivity contribution in [3.8, 4) is 0 Å². The minimum Gasteiger partial charge on any atom is -0.310 e. The van der Waals surface area contributed by atoms with Crippen molar-refractivity contribution >= 4 is 27.7 Å². The Hall–Kier alpha value is -0.840. The molecule has 0 aliphatic carbocycles. The summed E-state index contributed by atoms with van der Waals surface area (Å²) in [4.78, 5) is 1.72. The second kappa shape index (κ2) is 7.25. The molecule has 0 atom stereocenters. The molecule has 2 aromatic carbocycles. The van der Waals surface area contributed by atoms with Crippen LogP contribution in [-0.2, 0) is 6.54 Å². The first kappa shape index (κ1) is 15.5. The van der Waals surface area contributed by atoms with Gasteiger partial charge in [0.15, 0.2) is 0 Å². The molecule has 1 N–H and O–H groups in total. The zero-order valence-electron chi connectivity index (χ0n) is 11.5. The van der Waals surface area contributed by atoms with Crippen LogP contribution in [0.3, 0.4) is 0 Å². The molecule has 106 valence electrons. The van der Waals surface area contributed by atoms with Crippen molar-refractivity contribution in [1.82, 2.24) is 5.32 Å². The first-order valence-corrected chi connectivity index (χ1v) is 8.11. The third-order valence-corrected chi connectivity index (χ3v) is 4.41. The Balaban J connectivity index is 2.25. The van der Waals surface area contributed by atoms with Gasteiger partial charge in [-0.05, 0) is 29.8 Å². The van der Waals surface area contributed by atoms with Gasteiger partial charge in [0, 0.05) is 22.0 Å². The average molecular weight is 354 g/mol. The van der Waals surface area contributed by atoms with Gasteiger partial charge in [0.05, 0.1) is 4.90 Å². The van der Waals surface area contributed by atoms with Crippen LogP contribution in [0.15, 0.2) is 56.7 Å². The molecule has 0 aliphatic heterocycles. The maximum atomic E-state index is 14.1. The molecule has 2 aromatic rings. The predicted octanol–water partition coefficient (Wildman–Crippen LogP) is 5.24. The standard InChI is InChI=1S/C16H17BrFNS/c1-11(2)19-10-12-5-3-8-15(18)16(12)20-14-7-4-6-13(17)9-14/h3-9,11,19H,10H2,1-2H3. The number of nitrogens with one attached hydrogen (secondary N) is 1. The molecule has 0 amide bonds. The molecule has 0 heterocycles. The van der Waals surface area contributed by atoms with Gasteiger partial charge in [0.1, 0.15) is 5.82 Å². The van der Waals surface area contributed by atoms with Gasteiger partial charge in [-0.1, -0.05) is 59.7 Å². The Morgan fingerprint density at radius 1 is 1.20 bits per heavy atom. The number of rotatable bonds is 5. The van der Waals surface area contributed by atoms with E-state index in [2.05, 4.69) is 35.1 Å². The molecular formula is C16H17BrFNS. The smallest absolute Gasteiger partial charge is 0.137 e. The van der Waals surface area contributed by atoms with E-state index in [-0.39, 0.29) is 5.82 Å². The molecular weight excluding hydrogens is 337 g/mol. The van der Waals surface area contributed by atoms with E-state index in [0.717, 1.165) is 14.9 Å². The van der Waals surface area contributed by atoms with Gasteiger partial charge in [-0.25, -0.2) is 4.39 Å². The SMILES string of the molecule is CC(C)NCc1cccc(F)c1Sc1cccc(Br)c1. The van der Waals surface area contributed by atoms with Crippen LogP contribution in [-0.4, -0.2) is 6.04 Å². The van der Waals surface area contributed by atoms with Crippen molar-refractivity contribution in [3.63, 3.8) is 0 Å². The zero-order valence-corrected chi connectivity index (χ0v) is 13.9. The van der Waals surface area contributed by atoms with Crippen LogP contribution in [0.4, 0.5) is 4.39 Å². The molecule has 0 saturated heterocycles. The molecule has 4 heteroatoms. The van der Waals surface area contributed by atoms with Crippen LogP contribution in [0.25, 0.3) is 0 Å². The number of hydrogen-bond donors (Lipinski definition) is 1. The first-order valence-electron chi connectivity index (χ1n) is 6.50. The summed E-state index contributed by atoms with van der Waals surface area (Å²) in [6, 6.07) is 13.5. The largest absolute Gasteiger partial charge is 0.310 e. The van der Waals surface area contributed by atoms with Gasteiger partial charge in [-0.3, -0.25) is 0 Å². The quantitative estimate of drug-likeness (QED) is 0.788. The fraction of sp³-hybridized carbons (Fsp3) is 0.250. The molecule has 0 aliphatic rings. The van der Waals surface area contributed by atoms with E-state index < -0.39 is 0 Å². The van der Waals surface area contributed by atoms with Crippen LogP contribution in [0, 0.1) is 5.82 Å². The highest BCUT2D eigenvalue weighted by Gasteiger charge is 2.10. The van der Waals surface area contributed by atoms with Crippen LogP contribution in [0.2, 0.25) is 0 Å². The van der Waals surface area contributed by atoms with Gasteiger partial charge in [-0.2, -0.15) is 0 Å². The highest BCUT2D eigenvalue weighted by Crippen LogP contribution is 2.33. The second-order valence-electron chi connectivity index (χ2n) is 4.82. The van der Waals surface area contributed by atoms with Gasteiger partial charge in [0.25, 0.3) is 0 Å². The highest BCUT2D eigenvalue weighted by molar-refractivity contribution is 9.10. The topological polar surface area (TPSA) is 12.0 Å². The Bertz CT molecular complexity index is 586. The summed E-state index contributed by atoms with van der Waals surface area (Å²) in [5, 5.41) is 3.34. The van der Waals surface area contributed by atoms with Gasteiger partial charge < -0.3 is 5.32 Å². The van der Waals surface area contributed by atoms with E-state index >= 15 is 0 Å². The van der Waals surface area contributed by atoms with E-state index in [1.807, 2.05) is 30.3 Å². The van der Waals surface area contributed by atoms with E-state index in [9.17, 15) is 4.39 Å². The predicted molar refractivity (Wildman–Crippen MR) is 86.6 cm³/mol. The highest BCUT2D eigenvalue weighted by atomic mass is 79.9. The molecule has 2 rings (SSSR count). The number of benzene rings is 2. The van der Waals surface area contributed by atoms with Crippen molar-refractivity contribution in [3.05, 3.63) is 58.3 Å². The molecule has 0 unspecified atom stereocenters. The third kappa shape index (κ3) is 4.33. The van der Waals surface area contributed by atoms with E-state index in [4.69, 9.17) is 0 Å². The molecule has 0 fully saturated rings. The van der Waals surface area contributed by atoms with Crippen molar-refractivity contribution < 1.29 is 4.39 Å². The van der Waals surface area contributed by atoms with Crippen molar-refractivity contribution in [2.45, 2.75) is 36.2 Å². The Labute approximate surface area is 132 Å². The number of hydrogen-bond acceptors (Lipinski definition) is 2. The fourth-order valence-corrected chi connectivity index (χ4v) is 3.33. The van der Waals surface area contributed by atoms with Crippen molar-refractivity contribution in [2.24, 2.45) is 0 Å². The van der Waals surface area contributed by atoms with Crippen LogP contribution >= 0.6 is 27.7 Å². The van der Waals surface area contributed by atoms with Crippen LogP contribution in [0.1, 0.15) is 19.4 Å². The minimum atomic E-state index is -0.168. The summed E-state index contributed by atoms with van der Waals surface area (Å²) in [5.41, 5.74) is 0.990. The fourth-order valence-electron chi connectivity index (χ4n) is 1.77. The Morgan fingerprint density at radius 2 is 1.95 bits per heavy atom. The van der Waals surface area contributed by atoms with Gasteiger partial charge in [-0.15, -0.1) is 0 Å². The maximum Gasteiger partial charge on any atom is 0.137 e. The van der Waals surface area contributed by atoms with Gasteiger partial charge >= 0.3 is 0 Å². The van der Waals surface area contributed by atoms with Crippen LogP contribution in [0.5, 0.6) is 0 Å². The van der Waals surface area contributed by atoms with E-state index in [0.29, 0.717) is 17.5 Å². The number of halogens is 2. The average Bonchev–Trinajstić information content (AvgIpc) is 2.39. The summed E-state index contributed by atoms with van der Waals surface area (Å²) < 4.78 is 15.1. The molecule has 0 saturated carbocycles. The van der Waals surface area contributed by atoms with E-state index in [1.54, 1.807) is 6.07 Å². The molecule has 0 spiro atoms. The maximum absolute atomic E-state index is 14.1. The van der Waals surface area contributed by atoms with E-state index in [1.165, 1.54) is 17.8 Å². The lowest BCUT2D eigenvalue weighted by Crippen LogP contribution is -2.22. The molecule has 0 aromatic heterocycles. The van der Waals surface area contributed by atoms with Crippen molar-refractivity contribution in [2.75, 3.05) is 0 Å². The summed E-state index contributed by atoms with van der Waals surface area (Å²) in [7, 11) is 0. The molecule has 1 nitrogen and oxygen atoms in total. The van der Waals surface area contributed by atoms with Gasteiger partial charge in [0.2, 0.25) is 0 Å². The zero-order chi connectivity index (χ0) is 14.5. The third-order valence-electron chi connectivity index (χ3n) is 2.77. The molecule has 0 radical (unpaired) electrons. The Morgan fingerprint density at radius 3 is 2.65 bits per heavy atom. The Kier molecular flexibility index (Phi) is 5.64. The second-order valence-corrected chi connectivity index (χ2v) is 6.82. The summed E-state index contributed by atoms with van der Waals surface area (Å²) in [6.07, 6.45) is 0. The lowest BCUT2D eigenvalue weighted by molar-refractivity contribution is 0.564. The normalized spacial score (nSPS) is 11.1. The minimum absolute atomic E-state index is 0.168. The van der Waals surface area contributed by atoms with Crippen LogP contribution < -0.4 is 5.32 Å².